The van der Waals surface area contributed by atoms with Crippen LogP contribution in [0.1, 0.15) is 29.3 Å². The first-order valence-electron chi connectivity index (χ1n) is 5.66. The fraction of sp³-hybridized carbons (Fsp3) is 0.417. The Morgan fingerprint density at radius 1 is 1.39 bits per heavy atom. The van der Waals surface area contributed by atoms with Crippen LogP contribution in [0.5, 0.6) is 0 Å². The van der Waals surface area contributed by atoms with E-state index in [1.165, 1.54) is 12.1 Å². The van der Waals surface area contributed by atoms with Crippen LogP contribution in [0.2, 0.25) is 0 Å². The lowest BCUT2D eigenvalue weighted by molar-refractivity contribution is 0.0794. The maximum Gasteiger partial charge on any atom is 0.253 e. The molecule has 0 unspecified atom stereocenters. The van der Waals surface area contributed by atoms with Gasteiger partial charge in [0.05, 0.1) is 4.90 Å². The molecular formula is C12H18N2O3S. The molecule has 0 saturated carbocycles. The zero-order valence-corrected chi connectivity index (χ0v) is 11.6. The number of benzene rings is 1. The van der Waals surface area contributed by atoms with Crippen molar-refractivity contribution >= 4 is 15.9 Å². The van der Waals surface area contributed by atoms with Crippen molar-refractivity contribution in [2.45, 2.75) is 25.2 Å². The summed E-state index contributed by atoms with van der Waals surface area (Å²) < 4.78 is 22.5. The molecule has 6 heteroatoms. The summed E-state index contributed by atoms with van der Waals surface area (Å²) in [6.45, 7) is 4.36. The minimum atomic E-state index is -3.78. The fourth-order valence-electron chi connectivity index (χ4n) is 1.65. The van der Waals surface area contributed by atoms with Gasteiger partial charge < -0.3 is 4.90 Å². The Hall–Kier alpha value is -1.40. The first-order valence-corrected chi connectivity index (χ1v) is 7.21. The number of rotatable bonds is 4. The van der Waals surface area contributed by atoms with Gasteiger partial charge in [-0.2, -0.15) is 0 Å². The molecule has 0 bridgehead atoms. The minimum Gasteiger partial charge on any atom is -0.342 e. The van der Waals surface area contributed by atoms with Crippen LogP contribution in [0.3, 0.4) is 0 Å². The molecule has 0 fully saturated rings. The van der Waals surface area contributed by atoms with E-state index in [1.54, 1.807) is 24.9 Å². The molecule has 18 heavy (non-hydrogen) atoms. The second-order valence-corrected chi connectivity index (χ2v) is 5.81. The summed E-state index contributed by atoms with van der Waals surface area (Å²) in [5.74, 6) is -0.195. The summed E-state index contributed by atoms with van der Waals surface area (Å²) in [6.07, 6.45) is 0.843. The van der Waals surface area contributed by atoms with Crippen molar-refractivity contribution < 1.29 is 13.2 Å². The van der Waals surface area contributed by atoms with E-state index in [4.69, 9.17) is 5.14 Å². The van der Waals surface area contributed by atoms with E-state index in [0.29, 0.717) is 12.1 Å². The first-order chi connectivity index (χ1) is 8.27. The van der Waals surface area contributed by atoms with Gasteiger partial charge in [0.1, 0.15) is 0 Å². The van der Waals surface area contributed by atoms with Gasteiger partial charge in [-0.15, -0.1) is 0 Å². The van der Waals surface area contributed by atoms with Crippen LogP contribution in [0.15, 0.2) is 23.1 Å². The molecule has 0 spiro atoms. The molecule has 0 aliphatic rings. The molecule has 1 amide bonds. The summed E-state index contributed by atoms with van der Waals surface area (Å²) >= 11 is 0. The van der Waals surface area contributed by atoms with Gasteiger partial charge in [0.2, 0.25) is 10.0 Å². The summed E-state index contributed by atoms with van der Waals surface area (Å²) in [6, 6.07) is 4.33. The largest absolute Gasteiger partial charge is 0.342 e. The topological polar surface area (TPSA) is 80.5 Å². The normalized spacial score (nSPS) is 11.3. The van der Waals surface area contributed by atoms with Crippen molar-refractivity contribution in [3.63, 3.8) is 0 Å². The number of carbonyl (C=O) groups excluding carboxylic acids is 1. The van der Waals surface area contributed by atoms with Gasteiger partial charge in [0, 0.05) is 19.2 Å². The highest BCUT2D eigenvalue weighted by atomic mass is 32.2. The van der Waals surface area contributed by atoms with Gasteiger partial charge in [-0.1, -0.05) is 13.0 Å². The monoisotopic (exact) mass is 270 g/mol. The van der Waals surface area contributed by atoms with Crippen LogP contribution in [0.25, 0.3) is 0 Å². The van der Waals surface area contributed by atoms with Gasteiger partial charge in [-0.3, -0.25) is 4.79 Å². The lowest BCUT2D eigenvalue weighted by Crippen LogP contribution is -2.28. The molecule has 0 aromatic heterocycles. The Bertz CT molecular complexity index is 552. The van der Waals surface area contributed by atoms with Crippen LogP contribution in [-0.2, 0) is 10.0 Å². The van der Waals surface area contributed by atoms with Gasteiger partial charge in [-0.25, -0.2) is 13.6 Å². The zero-order chi connectivity index (χ0) is 13.9. The highest BCUT2D eigenvalue weighted by molar-refractivity contribution is 7.89. The molecule has 100 valence electrons. The third-order valence-electron chi connectivity index (χ3n) is 2.67. The molecule has 0 heterocycles. The average Bonchev–Trinajstić information content (AvgIpc) is 2.27. The molecule has 0 saturated heterocycles. The lowest BCUT2D eigenvalue weighted by Gasteiger charge is -2.17. The number of primary sulfonamides is 1. The first kappa shape index (κ1) is 14.7. The molecule has 0 atom stereocenters. The highest BCUT2D eigenvalue weighted by Crippen LogP contribution is 2.16. The van der Waals surface area contributed by atoms with E-state index in [2.05, 4.69) is 0 Å². The Balaban J connectivity index is 3.20. The Morgan fingerprint density at radius 2 is 2.00 bits per heavy atom. The van der Waals surface area contributed by atoms with Gasteiger partial charge in [-0.05, 0) is 31.0 Å². The molecule has 1 aromatic rings. The van der Waals surface area contributed by atoms with Crippen molar-refractivity contribution in [3.8, 4) is 0 Å². The predicted molar refractivity (Wildman–Crippen MR) is 69.8 cm³/mol. The summed E-state index contributed by atoms with van der Waals surface area (Å²) in [5, 5.41) is 5.06. The third kappa shape index (κ3) is 3.30. The summed E-state index contributed by atoms with van der Waals surface area (Å²) in [5.41, 5.74) is 1.10. The number of carbonyl (C=O) groups is 1. The van der Waals surface area contributed by atoms with Crippen molar-refractivity contribution in [2.24, 2.45) is 5.14 Å². The molecule has 0 radical (unpaired) electrons. The lowest BCUT2D eigenvalue weighted by atomic mass is 10.1. The Labute approximate surface area is 108 Å². The van der Waals surface area contributed by atoms with Crippen molar-refractivity contribution in [2.75, 3.05) is 13.6 Å². The number of hydrogen-bond acceptors (Lipinski definition) is 3. The molecule has 5 nitrogen and oxygen atoms in total. The molecule has 0 aliphatic heterocycles. The Kier molecular flexibility index (Phi) is 4.48. The molecular weight excluding hydrogens is 252 g/mol. The predicted octanol–water partition coefficient (Wildman–Crippen LogP) is 1.12. The molecule has 1 aromatic carbocycles. The van der Waals surface area contributed by atoms with Gasteiger partial charge in [0.25, 0.3) is 5.91 Å². The van der Waals surface area contributed by atoms with Crippen LogP contribution >= 0.6 is 0 Å². The summed E-state index contributed by atoms with van der Waals surface area (Å²) in [4.78, 5) is 13.6. The van der Waals surface area contributed by atoms with E-state index in [1.807, 2.05) is 6.92 Å². The minimum absolute atomic E-state index is 0.0404. The standard InChI is InChI=1S/C12H18N2O3S/c1-4-7-14(3)12(15)11-8-10(18(13,16)17)6-5-9(11)2/h5-6,8H,4,7H2,1-3H3,(H2,13,16,17). The van der Waals surface area contributed by atoms with Crippen LogP contribution in [-0.4, -0.2) is 32.8 Å². The smallest absolute Gasteiger partial charge is 0.253 e. The Morgan fingerprint density at radius 3 is 2.50 bits per heavy atom. The molecule has 1 rings (SSSR count). The van der Waals surface area contributed by atoms with Crippen molar-refractivity contribution in [3.05, 3.63) is 29.3 Å². The van der Waals surface area contributed by atoms with Crippen molar-refractivity contribution in [1.82, 2.24) is 4.90 Å². The van der Waals surface area contributed by atoms with E-state index in [-0.39, 0.29) is 10.8 Å². The number of hydrogen-bond donors (Lipinski definition) is 1. The maximum absolute atomic E-state index is 12.1. The second kappa shape index (κ2) is 5.49. The van der Waals surface area contributed by atoms with Gasteiger partial charge in [0.15, 0.2) is 0 Å². The molecule has 2 N–H and O–H groups in total. The number of aryl methyl sites for hydroxylation is 1. The zero-order valence-electron chi connectivity index (χ0n) is 10.8. The van der Waals surface area contributed by atoms with Crippen LogP contribution in [0.4, 0.5) is 0 Å². The third-order valence-corrected chi connectivity index (χ3v) is 3.58. The maximum atomic E-state index is 12.1. The van der Waals surface area contributed by atoms with E-state index < -0.39 is 10.0 Å². The SMILES string of the molecule is CCCN(C)C(=O)c1cc(S(N)(=O)=O)ccc1C. The van der Waals surface area contributed by atoms with Crippen LogP contribution in [0, 0.1) is 6.92 Å². The summed E-state index contributed by atoms with van der Waals surface area (Å²) in [7, 11) is -2.09. The van der Waals surface area contributed by atoms with E-state index >= 15 is 0 Å². The van der Waals surface area contributed by atoms with Crippen LogP contribution < -0.4 is 5.14 Å². The van der Waals surface area contributed by atoms with E-state index in [9.17, 15) is 13.2 Å². The highest BCUT2D eigenvalue weighted by Gasteiger charge is 2.17. The molecule has 0 aliphatic carbocycles. The number of amides is 1. The second-order valence-electron chi connectivity index (χ2n) is 4.25. The van der Waals surface area contributed by atoms with Gasteiger partial charge >= 0.3 is 0 Å². The number of nitrogens with two attached hydrogens (primary N) is 1. The fourth-order valence-corrected chi connectivity index (χ4v) is 2.19. The van der Waals surface area contributed by atoms with E-state index in [0.717, 1.165) is 12.0 Å². The number of nitrogens with zero attached hydrogens (tertiary/aromatic N) is 1. The number of sulfonamides is 1. The quantitative estimate of drug-likeness (QED) is 0.890. The average molecular weight is 270 g/mol. The van der Waals surface area contributed by atoms with Crippen molar-refractivity contribution in [1.29, 1.82) is 0 Å².